The van der Waals surface area contributed by atoms with Gasteiger partial charge in [-0.3, -0.25) is 0 Å². The summed E-state index contributed by atoms with van der Waals surface area (Å²) < 4.78 is 72.5. The standard InChI is InChI=1S/2C7H13F3N2.Zn/c2*1-5(11-2)4-6(12-3)7(8,9)10;/h2*5-6H,4H2,1-3H3;/q2*-2;. The Morgan fingerprint density at radius 3 is 0.960 bits per heavy atom. The van der Waals surface area contributed by atoms with E-state index < -0.39 is 24.4 Å². The van der Waals surface area contributed by atoms with Crippen molar-refractivity contribution in [2.75, 3.05) is 28.2 Å². The van der Waals surface area contributed by atoms with Crippen molar-refractivity contribution in [2.45, 2.75) is 63.2 Å². The van der Waals surface area contributed by atoms with Gasteiger partial charge in [-0.15, -0.1) is 12.1 Å². The molecule has 0 fully saturated rings. The van der Waals surface area contributed by atoms with Crippen LogP contribution in [0.5, 0.6) is 0 Å². The van der Waals surface area contributed by atoms with Gasteiger partial charge in [-0.2, -0.15) is 54.5 Å². The molecule has 0 N–H and O–H groups in total. The fraction of sp³-hybridized carbons (Fsp3) is 1.00. The molecule has 0 rings (SSSR count). The van der Waals surface area contributed by atoms with E-state index in [1.54, 1.807) is 13.8 Å². The second kappa shape index (κ2) is 14.1. The van der Waals surface area contributed by atoms with Gasteiger partial charge >= 0.3 is 12.4 Å². The zero-order chi connectivity index (χ0) is 19.6. The number of nitrogens with zero attached hydrogens (tertiary/aromatic N) is 4. The molecule has 4 atom stereocenters. The third kappa shape index (κ3) is 14.9. The Balaban J connectivity index is -0.000000372. The monoisotopic (exact) mass is 428 g/mol. The largest absolute Gasteiger partial charge is 0.663 e. The first-order valence-electron chi connectivity index (χ1n) is 7.32. The summed E-state index contributed by atoms with van der Waals surface area (Å²) in [6.07, 6.45) is -8.57. The van der Waals surface area contributed by atoms with Crippen molar-refractivity contribution in [1.29, 1.82) is 0 Å². The maximum absolute atomic E-state index is 12.1. The van der Waals surface area contributed by atoms with Gasteiger partial charge in [-0.05, 0) is 12.1 Å². The van der Waals surface area contributed by atoms with Gasteiger partial charge < -0.3 is 21.3 Å². The third-order valence-corrected chi connectivity index (χ3v) is 3.39. The molecule has 0 aromatic carbocycles. The van der Waals surface area contributed by atoms with E-state index in [2.05, 4.69) is 21.3 Å². The van der Waals surface area contributed by atoms with E-state index in [4.69, 9.17) is 0 Å². The minimum Gasteiger partial charge on any atom is -0.663 e. The predicted molar refractivity (Wildman–Crippen MR) is 85.0 cm³/mol. The average molecular weight is 430 g/mol. The molecule has 0 bridgehead atoms. The number of rotatable bonds is 8. The molecule has 0 saturated carbocycles. The first-order chi connectivity index (χ1) is 10.8. The normalized spacial score (nSPS) is 16.8. The second-order valence-electron chi connectivity index (χ2n) is 5.32. The molecule has 4 nitrogen and oxygen atoms in total. The topological polar surface area (TPSA) is 56.4 Å². The Hall–Kier alpha value is 0.0434. The van der Waals surface area contributed by atoms with Crippen molar-refractivity contribution in [3.63, 3.8) is 0 Å². The van der Waals surface area contributed by atoms with Gasteiger partial charge in [0.05, 0.1) is 0 Å². The van der Waals surface area contributed by atoms with Crippen molar-refractivity contribution >= 4 is 0 Å². The third-order valence-electron chi connectivity index (χ3n) is 3.39. The number of hydrogen-bond acceptors (Lipinski definition) is 0. The van der Waals surface area contributed by atoms with Crippen LogP contribution in [0, 0.1) is 0 Å². The molecule has 0 aromatic rings. The van der Waals surface area contributed by atoms with Crippen LogP contribution in [0.3, 0.4) is 0 Å². The van der Waals surface area contributed by atoms with Crippen molar-refractivity contribution in [1.82, 2.24) is 0 Å². The van der Waals surface area contributed by atoms with Crippen LogP contribution in [0.15, 0.2) is 0 Å². The molecule has 25 heavy (non-hydrogen) atoms. The van der Waals surface area contributed by atoms with Crippen LogP contribution in [0.25, 0.3) is 21.3 Å². The molecule has 0 aliphatic rings. The zero-order valence-corrected chi connectivity index (χ0v) is 18.5. The van der Waals surface area contributed by atoms with E-state index in [9.17, 15) is 26.3 Å². The van der Waals surface area contributed by atoms with Crippen molar-refractivity contribution < 1.29 is 45.8 Å². The van der Waals surface area contributed by atoms with Gasteiger partial charge in [-0.1, -0.05) is 26.7 Å². The molecular formula is C14H26F6N4Zn-4. The van der Waals surface area contributed by atoms with Gasteiger partial charge in [0.25, 0.3) is 0 Å². The van der Waals surface area contributed by atoms with E-state index in [-0.39, 0.29) is 44.4 Å². The maximum atomic E-state index is 12.1. The van der Waals surface area contributed by atoms with Gasteiger partial charge in [0.1, 0.15) is 0 Å². The first kappa shape index (κ1) is 29.8. The van der Waals surface area contributed by atoms with Crippen LogP contribution in [-0.2, 0) is 19.5 Å². The summed E-state index contributed by atoms with van der Waals surface area (Å²) >= 11 is 0. The van der Waals surface area contributed by atoms with Crippen molar-refractivity contribution in [2.24, 2.45) is 0 Å². The van der Waals surface area contributed by atoms with Gasteiger partial charge in [0.2, 0.25) is 0 Å². The summed E-state index contributed by atoms with van der Waals surface area (Å²) in [5.41, 5.74) is 0. The van der Waals surface area contributed by atoms with Gasteiger partial charge in [0, 0.05) is 19.5 Å². The van der Waals surface area contributed by atoms with Gasteiger partial charge in [0.15, 0.2) is 0 Å². The average Bonchev–Trinajstić information content (AvgIpc) is 2.47. The van der Waals surface area contributed by atoms with Crippen LogP contribution in [0.1, 0.15) is 26.7 Å². The fourth-order valence-corrected chi connectivity index (χ4v) is 1.63. The quantitative estimate of drug-likeness (QED) is 0.366. The Bertz CT molecular complexity index is 285. The molecular weight excluding hydrogens is 404 g/mol. The molecule has 11 heteroatoms. The molecule has 0 heterocycles. The Morgan fingerprint density at radius 2 is 0.840 bits per heavy atom. The molecule has 0 aliphatic heterocycles. The maximum Gasteiger partial charge on any atom is 0.373 e. The van der Waals surface area contributed by atoms with E-state index in [1.165, 1.54) is 28.2 Å². The minimum atomic E-state index is -4.23. The van der Waals surface area contributed by atoms with E-state index in [0.29, 0.717) is 0 Å². The molecule has 0 amide bonds. The van der Waals surface area contributed by atoms with Crippen molar-refractivity contribution in [3.8, 4) is 0 Å². The Kier molecular flexibility index (Phi) is 16.9. The SMILES string of the molecule is C[N-]C(C)CC([N-]C)C(F)(F)F.C[N-]C(C)CC([N-]C)C(F)(F)F.[Zn]. The van der Waals surface area contributed by atoms with Crippen molar-refractivity contribution in [3.05, 3.63) is 21.3 Å². The summed E-state index contributed by atoms with van der Waals surface area (Å²) in [4.78, 5) is 0. The first-order valence-corrected chi connectivity index (χ1v) is 7.32. The molecule has 150 valence electrons. The van der Waals surface area contributed by atoms with E-state index in [0.717, 1.165) is 0 Å². The summed E-state index contributed by atoms with van der Waals surface area (Å²) in [7, 11) is 5.38. The number of hydrogen-bond donors (Lipinski definition) is 0. The molecule has 0 spiro atoms. The fourth-order valence-electron chi connectivity index (χ4n) is 1.63. The predicted octanol–water partition coefficient (Wildman–Crippen LogP) is 5.40. The molecule has 4 unspecified atom stereocenters. The summed E-state index contributed by atoms with van der Waals surface area (Å²) in [6.45, 7) is 3.29. The molecule has 0 aromatic heterocycles. The Labute approximate surface area is 159 Å². The van der Waals surface area contributed by atoms with Crippen LogP contribution in [0.4, 0.5) is 26.3 Å². The van der Waals surface area contributed by atoms with E-state index in [1.807, 2.05) is 0 Å². The zero-order valence-electron chi connectivity index (χ0n) is 15.5. The molecule has 0 saturated heterocycles. The summed E-state index contributed by atoms with van der Waals surface area (Å²) in [5.74, 6) is 0. The smallest absolute Gasteiger partial charge is 0.373 e. The number of alkyl halides is 6. The number of halogens is 6. The minimum absolute atomic E-state index is 0. The van der Waals surface area contributed by atoms with E-state index >= 15 is 0 Å². The van der Waals surface area contributed by atoms with Crippen LogP contribution < -0.4 is 0 Å². The Morgan fingerprint density at radius 1 is 0.600 bits per heavy atom. The molecule has 0 aliphatic carbocycles. The second-order valence-corrected chi connectivity index (χ2v) is 5.32. The van der Waals surface area contributed by atoms with Crippen LogP contribution in [0.2, 0.25) is 0 Å². The summed E-state index contributed by atoms with van der Waals surface area (Å²) in [6, 6.07) is -3.73. The van der Waals surface area contributed by atoms with Crippen LogP contribution >= 0.6 is 0 Å². The summed E-state index contributed by atoms with van der Waals surface area (Å²) in [5, 5.41) is 14.0. The van der Waals surface area contributed by atoms with Crippen LogP contribution in [-0.4, -0.2) is 64.7 Å². The molecule has 0 radical (unpaired) electrons. The van der Waals surface area contributed by atoms with Gasteiger partial charge in [-0.25, -0.2) is 0 Å².